The minimum absolute atomic E-state index is 0.103. The van der Waals surface area contributed by atoms with Crippen molar-refractivity contribution in [2.24, 2.45) is 0 Å². The van der Waals surface area contributed by atoms with Crippen LogP contribution in [0.2, 0.25) is 0 Å². The van der Waals surface area contributed by atoms with Gasteiger partial charge < -0.3 is 4.57 Å². The molecule has 1 aliphatic rings. The molecule has 4 rings (SSSR count). The molecule has 1 aliphatic heterocycles. The number of thioether (sulfide) groups is 1. The van der Waals surface area contributed by atoms with Gasteiger partial charge in [0.15, 0.2) is 10.9 Å². The van der Waals surface area contributed by atoms with Gasteiger partial charge in [0.1, 0.15) is 0 Å². The Morgan fingerprint density at radius 3 is 2.52 bits per heavy atom. The minimum atomic E-state index is -3.49. The smallest absolute Gasteiger partial charge is 0.243 e. The van der Waals surface area contributed by atoms with Crippen molar-refractivity contribution >= 4 is 38.6 Å². The molecule has 0 spiro atoms. The van der Waals surface area contributed by atoms with Gasteiger partial charge in [0.05, 0.1) is 34.2 Å². The number of benzene rings is 2. The molecular formula is C22H22N4O3S2. The summed E-state index contributed by atoms with van der Waals surface area (Å²) in [6.07, 6.45) is 2.12. The number of Topliss-reactive ketones (excluding diaryl/α,β-unsaturated/α-hetero) is 1. The number of aromatic nitrogens is 2. The van der Waals surface area contributed by atoms with Crippen molar-refractivity contribution in [1.29, 1.82) is 5.26 Å². The maximum absolute atomic E-state index is 12.7. The molecular weight excluding hydrogens is 432 g/mol. The van der Waals surface area contributed by atoms with Crippen LogP contribution in [0.3, 0.4) is 0 Å². The second kappa shape index (κ2) is 9.22. The first-order chi connectivity index (χ1) is 15.0. The Labute approximate surface area is 185 Å². The van der Waals surface area contributed by atoms with E-state index in [1.165, 1.54) is 28.2 Å². The van der Waals surface area contributed by atoms with Crippen molar-refractivity contribution in [3.8, 4) is 6.07 Å². The van der Waals surface area contributed by atoms with Crippen molar-refractivity contribution in [3.05, 3.63) is 54.1 Å². The van der Waals surface area contributed by atoms with E-state index in [-0.39, 0.29) is 16.4 Å². The number of hydrogen-bond donors (Lipinski definition) is 0. The Hall–Kier alpha value is -2.67. The molecule has 3 aromatic rings. The summed E-state index contributed by atoms with van der Waals surface area (Å²) in [7, 11) is -3.49. The highest BCUT2D eigenvalue weighted by atomic mass is 32.2. The highest BCUT2D eigenvalue weighted by Gasteiger charge is 2.27. The fourth-order valence-corrected chi connectivity index (χ4v) is 6.10. The van der Waals surface area contributed by atoms with Crippen LogP contribution in [0.25, 0.3) is 11.0 Å². The van der Waals surface area contributed by atoms with Gasteiger partial charge in [-0.15, -0.1) is 0 Å². The quantitative estimate of drug-likeness (QED) is 0.380. The first kappa shape index (κ1) is 21.6. The number of para-hydroxylation sites is 2. The summed E-state index contributed by atoms with van der Waals surface area (Å²) in [5.41, 5.74) is 2.23. The normalized spacial score (nSPS) is 14.7. The molecule has 0 amide bonds. The number of nitrogens with zero attached hydrogens (tertiary/aromatic N) is 4. The van der Waals surface area contributed by atoms with Crippen molar-refractivity contribution in [2.45, 2.75) is 35.9 Å². The number of sulfonamides is 1. The zero-order chi connectivity index (χ0) is 21.8. The Morgan fingerprint density at radius 2 is 1.81 bits per heavy atom. The topological polar surface area (TPSA) is 96.1 Å². The van der Waals surface area contributed by atoms with Gasteiger partial charge in [-0.25, -0.2) is 13.4 Å². The van der Waals surface area contributed by atoms with Crippen LogP contribution >= 0.6 is 11.8 Å². The van der Waals surface area contributed by atoms with E-state index in [1.54, 1.807) is 12.1 Å². The summed E-state index contributed by atoms with van der Waals surface area (Å²) in [6, 6.07) is 16.0. The lowest BCUT2D eigenvalue weighted by Crippen LogP contribution is -2.27. The lowest BCUT2D eigenvalue weighted by molar-refractivity contribution is 0.102. The molecule has 1 aromatic heterocycles. The van der Waals surface area contributed by atoms with Crippen LogP contribution < -0.4 is 0 Å². The van der Waals surface area contributed by atoms with Crippen molar-refractivity contribution in [2.75, 3.05) is 18.8 Å². The molecule has 9 heteroatoms. The van der Waals surface area contributed by atoms with E-state index >= 15 is 0 Å². The van der Waals surface area contributed by atoms with Gasteiger partial charge in [-0.1, -0.05) is 36.0 Å². The molecule has 31 heavy (non-hydrogen) atoms. The standard InChI is InChI=1S/C22H22N4O3S2/c23-12-5-15-26-20-7-2-1-6-19(20)24-22(26)30-16-21(27)17-8-10-18(11-9-17)31(28,29)25-13-3-4-14-25/h1-2,6-11H,3-5,13-16H2. The van der Waals surface area contributed by atoms with Crippen LogP contribution in [0.5, 0.6) is 0 Å². The molecule has 1 fully saturated rings. The van der Waals surface area contributed by atoms with E-state index in [0.717, 1.165) is 23.9 Å². The fraction of sp³-hybridized carbons (Fsp3) is 0.318. The van der Waals surface area contributed by atoms with E-state index in [0.29, 0.717) is 36.8 Å². The van der Waals surface area contributed by atoms with E-state index < -0.39 is 10.0 Å². The zero-order valence-corrected chi connectivity index (χ0v) is 18.5. The molecule has 2 heterocycles. The highest BCUT2D eigenvalue weighted by Crippen LogP contribution is 2.26. The van der Waals surface area contributed by atoms with E-state index in [2.05, 4.69) is 11.1 Å². The van der Waals surface area contributed by atoms with Crippen molar-refractivity contribution in [3.63, 3.8) is 0 Å². The molecule has 2 aromatic carbocycles. The van der Waals surface area contributed by atoms with Gasteiger partial charge >= 0.3 is 0 Å². The second-order valence-corrected chi connectivity index (χ2v) is 10.2. The molecule has 0 bridgehead atoms. The molecule has 0 radical (unpaired) electrons. The second-order valence-electron chi connectivity index (χ2n) is 7.29. The van der Waals surface area contributed by atoms with Gasteiger partial charge in [-0.05, 0) is 37.1 Å². The van der Waals surface area contributed by atoms with E-state index in [1.807, 2.05) is 28.8 Å². The Bertz CT molecular complexity index is 1240. The summed E-state index contributed by atoms with van der Waals surface area (Å²) in [5.74, 6) is 0.0719. The van der Waals surface area contributed by atoms with E-state index in [9.17, 15) is 13.2 Å². The maximum Gasteiger partial charge on any atom is 0.243 e. The van der Waals surface area contributed by atoms with Crippen LogP contribution in [-0.2, 0) is 16.6 Å². The number of ketones is 1. The number of fused-ring (bicyclic) bond motifs is 1. The molecule has 0 unspecified atom stereocenters. The number of carbonyl (C=O) groups is 1. The predicted molar refractivity (Wildman–Crippen MR) is 119 cm³/mol. The summed E-state index contributed by atoms with van der Waals surface area (Å²) in [5, 5.41) is 9.65. The molecule has 0 aliphatic carbocycles. The number of imidazole rings is 1. The highest BCUT2D eigenvalue weighted by molar-refractivity contribution is 7.99. The molecule has 7 nitrogen and oxygen atoms in total. The summed E-state index contributed by atoms with van der Waals surface area (Å²) in [4.78, 5) is 17.5. The monoisotopic (exact) mass is 454 g/mol. The molecule has 0 atom stereocenters. The number of aryl methyl sites for hydroxylation is 1. The Kier molecular flexibility index (Phi) is 6.41. The predicted octanol–water partition coefficient (Wildman–Crippen LogP) is 3.71. The first-order valence-corrected chi connectivity index (χ1v) is 12.5. The third kappa shape index (κ3) is 4.51. The van der Waals surface area contributed by atoms with E-state index in [4.69, 9.17) is 5.26 Å². The molecule has 160 valence electrons. The zero-order valence-electron chi connectivity index (χ0n) is 16.9. The van der Waals surface area contributed by atoms with Crippen LogP contribution in [0.1, 0.15) is 29.6 Å². The third-order valence-corrected chi connectivity index (χ3v) is 8.17. The summed E-state index contributed by atoms with van der Waals surface area (Å²) in [6.45, 7) is 1.61. The molecule has 1 saturated heterocycles. The minimum Gasteiger partial charge on any atom is -0.318 e. The van der Waals surface area contributed by atoms with Crippen molar-refractivity contribution < 1.29 is 13.2 Å². The van der Waals surface area contributed by atoms with Gasteiger partial charge in [0.2, 0.25) is 10.0 Å². The van der Waals surface area contributed by atoms with Crippen LogP contribution in [-0.4, -0.2) is 46.9 Å². The average molecular weight is 455 g/mol. The maximum atomic E-state index is 12.7. The first-order valence-electron chi connectivity index (χ1n) is 10.1. The lowest BCUT2D eigenvalue weighted by atomic mass is 10.1. The number of nitriles is 1. The Balaban J connectivity index is 1.47. The van der Waals surface area contributed by atoms with Gasteiger partial charge in [-0.2, -0.15) is 9.57 Å². The summed E-state index contributed by atoms with van der Waals surface area (Å²) >= 11 is 1.32. The van der Waals surface area contributed by atoms with Crippen LogP contribution in [0.15, 0.2) is 58.6 Å². The van der Waals surface area contributed by atoms with Crippen LogP contribution in [0, 0.1) is 11.3 Å². The number of hydrogen-bond acceptors (Lipinski definition) is 6. The molecule has 0 saturated carbocycles. The third-order valence-electron chi connectivity index (χ3n) is 5.28. The SMILES string of the molecule is N#CCCn1c(SCC(=O)c2ccc(S(=O)(=O)N3CCCC3)cc2)nc2ccccc21. The largest absolute Gasteiger partial charge is 0.318 e. The fourth-order valence-electron chi connectivity index (χ4n) is 3.65. The van der Waals surface area contributed by atoms with Gasteiger partial charge in [0.25, 0.3) is 0 Å². The van der Waals surface area contributed by atoms with Gasteiger partial charge in [-0.3, -0.25) is 4.79 Å². The average Bonchev–Trinajstić information content (AvgIpc) is 3.45. The number of carbonyl (C=O) groups excluding carboxylic acids is 1. The van der Waals surface area contributed by atoms with Crippen molar-refractivity contribution in [1.82, 2.24) is 13.9 Å². The van der Waals surface area contributed by atoms with Gasteiger partial charge in [0, 0.05) is 25.2 Å². The van der Waals surface area contributed by atoms with Crippen LogP contribution in [0.4, 0.5) is 0 Å². The molecule has 0 N–H and O–H groups in total. The number of rotatable bonds is 8. The lowest BCUT2D eigenvalue weighted by Gasteiger charge is -2.15. The Morgan fingerprint density at radius 1 is 1.10 bits per heavy atom. The summed E-state index contributed by atoms with van der Waals surface area (Å²) < 4.78 is 28.7.